The van der Waals surface area contributed by atoms with Crippen LogP contribution in [0.5, 0.6) is 0 Å². The van der Waals surface area contributed by atoms with Gasteiger partial charge in [0.15, 0.2) is 0 Å². The SMILES string of the molecule is Nc1c([N+](=O)[O-])cnn1-c1cc(S(=O)(=O)O)ccc1S(=O)(=O)O. The molecular formula is C9H8N4O8S2. The van der Waals surface area contributed by atoms with Crippen molar-refractivity contribution in [2.45, 2.75) is 9.79 Å². The van der Waals surface area contributed by atoms with Gasteiger partial charge in [0.25, 0.3) is 20.2 Å². The summed E-state index contributed by atoms with van der Waals surface area (Å²) in [5.41, 5.74) is 4.22. The fraction of sp³-hybridized carbons (Fsp3) is 0. The van der Waals surface area contributed by atoms with Gasteiger partial charge in [-0.05, 0) is 18.2 Å². The largest absolute Gasteiger partial charge is 0.378 e. The summed E-state index contributed by atoms with van der Waals surface area (Å²) in [7, 11) is -9.54. The molecule has 4 N–H and O–H groups in total. The first-order chi connectivity index (χ1) is 10.4. The van der Waals surface area contributed by atoms with Gasteiger partial charge in [-0.15, -0.1) is 0 Å². The summed E-state index contributed by atoms with van der Waals surface area (Å²) in [6.45, 7) is 0. The van der Waals surface area contributed by atoms with E-state index in [9.17, 15) is 31.5 Å². The van der Waals surface area contributed by atoms with Crippen molar-refractivity contribution in [2.24, 2.45) is 0 Å². The average molecular weight is 364 g/mol. The van der Waals surface area contributed by atoms with Gasteiger partial charge in [0, 0.05) is 0 Å². The van der Waals surface area contributed by atoms with Crippen LogP contribution in [0.1, 0.15) is 0 Å². The summed E-state index contributed by atoms with van der Waals surface area (Å²) in [6.07, 6.45) is 0.712. The number of nitrogens with zero attached hydrogens (tertiary/aromatic N) is 3. The van der Waals surface area contributed by atoms with Crippen LogP contribution in [0.3, 0.4) is 0 Å². The fourth-order valence-electron chi connectivity index (χ4n) is 1.72. The molecule has 2 aromatic rings. The Bertz CT molecular complexity index is 1010. The van der Waals surface area contributed by atoms with Crippen molar-refractivity contribution in [3.63, 3.8) is 0 Å². The van der Waals surface area contributed by atoms with Gasteiger partial charge < -0.3 is 5.73 Å². The van der Waals surface area contributed by atoms with E-state index in [1.807, 2.05) is 0 Å². The van der Waals surface area contributed by atoms with Gasteiger partial charge in [-0.2, -0.15) is 21.9 Å². The number of hydrogen-bond donors (Lipinski definition) is 3. The van der Waals surface area contributed by atoms with E-state index in [2.05, 4.69) is 5.10 Å². The third-order valence-corrected chi connectivity index (χ3v) is 4.47. The summed E-state index contributed by atoms with van der Waals surface area (Å²) in [5.74, 6) is -0.604. The van der Waals surface area contributed by atoms with Crippen LogP contribution in [0.4, 0.5) is 11.5 Å². The number of nitro groups is 1. The number of hydrogen-bond acceptors (Lipinski definition) is 8. The van der Waals surface area contributed by atoms with E-state index in [1.54, 1.807) is 0 Å². The molecule has 2 rings (SSSR count). The summed E-state index contributed by atoms with van der Waals surface area (Å²) >= 11 is 0. The molecule has 14 heteroatoms. The molecule has 1 heterocycles. The average Bonchev–Trinajstić information content (AvgIpc) is 2.77. The smallest absolute Gasteiger partial charge is 0.331 e. The highest BCUT2D eigenvalue weighted by atomic mass is 32.2. The maximum atomic E-state index is 11.4. The normalized spacial score (nSPS) is 12.3. The standard InChI is InChI=1S/C9H8N4O8S2/c10-9-7(13(14)15)4-11-12(9)6-3-5(22(16,17)18)1-2-8(6)23(19,20)21/h1-4H,10H2,(H,16,17,18)(H,19,20,21). The van der Waals surface area contributed by atoms with Gasteiger partial charge in [-0.25, -0.2) is 4.68 Å². The van der Waals surface area contributed by atoms with E-state index < -0.39 is 52.1 Å². The maximum absolute atomic E-state index is 11.4. The van der Waals surface area contributed by atoms with Crippen molar-refractivity contribution < 1.29 is 30.9 Å². The van der Waals surface area contributed by atoms with E-state index in [-0.39, 0.29) is 0 Å². The molecule has 0 aliphatic heterocycles. The molecule has 0 aliphatic rings. The molecule has 0 unspecified atom stereocenters. The number of rotatable bonds is 4. The zero-order chi connectivity index (χ0) is 17.6. The van der Waals surface area contributed by atoms with Gasteiger partial charge in [0.1, 0.15) is 11.1 Å². The quantitative estimate of drug-likeness (QED) is 0.373. The highest BCUT2D eigenvalue weighted by Gasteiger charge is 2.25. The Morgan fingerprint density at radius 1 is 1.17 bits per heavy atom. The van der Waals surface area contributed by atoms with Crippen molar-refractivity contribution in [3.05, 3.63) is 34.5 Å². The Morgan fingerprint density at radius 3 is 2.22 bits per heavy atom. The minimum absolute atomic E-state index is 0.552. The Kier molecular flexibility index (Phi) is 3.85. The fourth-order valence-corrected chi connectivity index (χ4v) is 2.87. The second kappa shape index (κ2) is 5.27. The van der Waals surface area contributed by atoms with Crippen LogP contribution in [-0.4, -0.2) is 40.6 Å². The highest BCUT2D eigenvalue weighted by molar-refractivity contribution is 7.86. The summed E-state index contributed by atoms with van der Waals surface area (Å²) in [6, 6.07) is 2.04. The number of aromatic nitrogens is 2. The van der Waals surface area contributed by atoms with E-state index in [0.29, 0.717) is 23.0 Å². The third kappa shape index (κ3) is 3.14. The molecule has 1 aromatic carbocycles. The molecule has 1 aromatic heterocycles. The lowest BCUT2D eigenvalue weighted by Crippen LogP contribution is -2.11. The Morgan fingerprint density at radius 2 is 1.78 bits per heavy atom. The molecule has 0 amide bonds. The molecule has 0 saturated heterocycles. The first-order valence-electron chi connectivity index (χ1n) is 5.50. The predicted molar refractivity (Wildman–Crippen MR) is 74.3 cm³/mol. The minimum Gasteiger partial charge on any atom is -0.378 e. The van der Waals surface area contributed by atoms with Crippen LogP contribution < -0.4 is 5.73 Å². The van der Waals surface area contributed by atoms with Crippen LogP contribution in [0.15, 0.2) is 34.2 Å². The molecule has 12 nitrogen and oxygen atoms in total. The third-order valence-electron chi connectivity index (χ3n) is 2.72. The number of benzene rings is 1. The molecule has 124 valence electrons. The van der Waals surface area contributed by atoms with Crippen molar-refractivity contribution in [3.8, 4) is 5.69 Å². The zero-order valence-electron chi connectivity index (χ0n) is 10.9. The second-order valence-corrected chi connectivity index (χ2v) is 6.98. The molecule has 23 heavy (non-hydrogen) atoms. The lowest BCUT2D eigenvalue weighted by atomic mass is 10.3. The van der Waals surface area contributed by atoms with Gasteiger partial charge in [-0.1, -0.05) is 0 Å². The topological polar surface area (TPSA) is 196 Å². The minimum atomic E-state index is -4.83. The van der Waals surface area contributed by atoms with Gasteiger partial charge in [-0.3, -0.25) is 19.2 Å². The molecule has 0 bridgehead atoms. The summed E-state index contributed by atoms with van der Waals surface area (Å²) < 4.78 is 63.8. The lowest BCUT2D eigenvalue weighted by Gasteiger charge is -2.09. The number of nitrogens with two attached hydrogens (primary N) is 1. The van der Waals surface area contributed by atoms with Gasteiger partial charge in [0.2, 0.25) is 5.82 Å². The molecular weight excluding hydrogens is 356 g/mol. The van der Waals surface area contributed by atoms with E-state index in [0.717, 1.165) is 6.07 Å². The first-order valence-corrected chi connectivity index (χ1v) is 8.38. The second-order valence-electron chi connectivity index (χ2n) is 4.16. The molecule has 0 radical (unpaired) electrons. The molecule has 0 atom stereocenters. The summed E-state index contributed by atoms with van der Waals surface area (Å²) in [4.78, 5) is 8.32. The van der Waals surface area contributed by atoms with Crippen LogP contribution in [0.25, 0.3) is 5.69 Å². The maximum Gasteiger partial charge on any atom is 0.331 e. The van der Waals surface area contributed by atoms with Crippen LogP contribution in [-0.2, 0) is 20.2 Å². The first kappa shape index (κ1) is 16.8. The number of anilines is 1. The van der Waals surface area contributed by atoms with Crippen molar-refractivity contribution in [1.29, 1.82) is 0 Å². The van der Waals surface area contributed by atoms with Crippen molar-refractivity contribution >= 4 is 31.7 Å². The van der Waals surface area contributed by atoms with E-state index >= 15 is 0 Å². The van der Waals surface area contributed by atoms with Crippen molar-refractivity contribution in [1.82, 2.24) is 9.78 Å². The predicted octanol–water partition coefficient (Wildman–Crippen LogP) is -0.144. The Labute approximate surface area is 128 Å². The Balaban J connectivity index is 2.86. The monoisotopic (exact) mass is 364 g/mol. The molecule has 0 fully saturated rings. The van der Waals surface area contributed by atoms with Crippen LogP contribution >= 0.6 is 0 Å². The van der Waals surface area contributed by atoms with Gasteiger partial charge >= 0.3 is 5.69 Å². The zero-order valence-corrected chi connectivity index (χ0v) is 12.5. The van der Waals surface area contributed by atoms with E-state index in [1.165, 1.54) is 0 Å². The Hall–Kier alpha value is -2.55. The van der Waals surface area contributed by atoms with Crippen LogP contribution in [0, 0.1) is 10.1 Å². The molecule has 0 spiro atoms. The van der Waals surface area contributed by atoms with E-state index in [4.69, 9.17) is 10.3 Å². The van der Waals surface area contributed by atoms with Gasteiger partial charge in [0.05, 0.1) is 15.5 Å². The number of nitrogen functional groups attached to an aromatic ring is 1. The van der Waals surface area contributed by atoms with Crippen LogP contribution in [0.2, 0.25) is 0 Å². The highest BCUT2D eigenvalue weighted by Crippen LogP contribution is 2.29. The lowest BCUT2D eigenvalue weighted by molar-refractivity contribution is -0.383. The molecule has 0 saturated carbocycles. The molecule has 0 aliphatic carbocycles. The summed E-state index contributed by atoms with van der Waals surface area (Å²) in [5, 5.41) is 14.2. The van der Waals surface area contributed by atoms with Crippen molar-refractivity contribution in [2.75, 3.05) is 5.73 Å².